The van der Waals surface area contributed by atoms with Crippen molar-refractivity contribution in [2.45, 2.75) is 19.8 Å². The summed E-state index contributed by atoms with van der Waals surface area (Å²) < 4.78 is 0. The number of carbonyl (C=O) groups excluding carboxylic acids is 1. The van der Waals surface area contributed by atoms with E-state index in [9.17, 15) is 4.79 Å². The van der Waals surface area contributed by atoms with Gasteiger partial charge in [0.25, 0.3) is 0 Å². The Kier molecular flexibility index (Phi) is 4.16. The van der Waals surface area contributed by atoms with E-state index >= 15 is 0 Å². The fourth-order valence-electron chi connectivity index (χ4n) is 1.94. The topological polar surface area (TPSA) is 17.1 Å². The molecule has 18 heavy (non-hydrogen) atoms. The zero-order chi connectivity index (χ0) is 13.0. The molecule has 0 unspecified atom stereocenters. The normalized spacial score (nSPS) is 10.3. The standard InChI is InChI=1S/C16H15ClO/c1-12-6-2-3-7-13(12)10-15(18)11-14-8-4-5-9-16(14)17/h2-9H,10-11H2,1H3. The second-order valence-corrected chi connectivity index (χ2v) is 4.82. The summed E-state index contributed by atoms with van der Waals surface area (Å²) in [7, 11) is 0. The Balaban J connectivity index is 2.06. The molecule has 0 spiro atoms. The number of aryl methyl sites for hydroxylation is 1. The highest BCUT2D eigenvalue weighted by molar-refractivity contribution is 6.31. The number of benzene rings is 2. The maximum Gasteiger partial charge on any atom is 0.141 e. The Morgan fingerprint density at radius 3 is 2.17 bits per heavy atom. The summed E-state index contributed by atoms with van der Waals surface area (Å²) in [6.45, 7) is 2.03. The van der Waals surface area contributed by atoms with Crippen LogP contribution in [0.2, 0.25) is 5.02 Å². The van der Waals surface area contributed by atoms with Gasteiger partial charge in [-0.25, -0.2) is 0 Å². The van der Waals surface area contributed by atoms with Crippen LogP contribution in [0.3, 0.4) is 0 Å². The number of carbonyl (C=O) groups is 1. The van der Waals surface area contributed by atoms with E-state index in [4.69, 9.17) is 11.6 Å². The zero-order valence-corrected chi connectivity index (χ0v) is 11.1. The third-order valence-electron chi connectivity index (χ3n) is 2.99. The molecule has 0 bridgehead atoms. The van der Waals surface area contributed by atoms with Crippen LogP contribution in [-0.4, -0.2) is 5.78 Å². The molecule has 0 aliphatic rings. The van der Waals surface area contributed by atoms with Crippen molar-refractivity contribution in [2.24, 2.45) is 0 Å². The van der Waals surface area contributed by atoms with Crippen molar-refractivity contribution in [1.29, 1.82) is 0 Å². The second kappa shape index (κ2) is 5.83. The Bertz CT molecular complexity index is 511. The predicted molar refractivity (Wildman–Crippen MR) is 75.0 cm³/mol. The van der Waals surface area contributed by atoms with Gasteiger partial charge in [0.15, 0.2) is 0 Å². The first-order chi connectivity index (χ1) is 8.66. The molecule has 0 saturated heterocycles. The van der Waals surface area contributed by atoms with E-state index in [1.807, 2.05) is 55.5 Å². The molecule has 2 aromatic rings. The van der Waals surface area contributed by atoms with E-state index < -0.39 is 0 Å². The summed E-state index contributed by atoms with van der Waals surface area (Å²) >= 11 is 6.05. The molecule has 2 aromatic carbocycles. The van der Waals surface area contributed by atoms with Gasteiger partial charge in [-0.05, 0) is 29.7 Å². The number of rotatable bonds is 4. The molecule has 1 nitrogen and oxygen atoms in total. The number of ketones is 1. The summed E-state index contributed by atoms with van der Waals surface area (Å²) in [5, 5.41) is 0.663. The van der Waals surface area contributed by atoms with Gasteiger partial charge in [0.1, 0.15) is 5.78 Å². The fraction of sp³-hybridized carbons (Fsp3) is 0.188. The highest BCUT2D eigenvalue weighted by atomic mass is 35.5. The van der Waals surface area contributed by atoms with Gasteiger partial charge in [0.05, 0.1) is 0 Å². The average Bonchev–Trinajstić information content (AvgIpc) is 2.35. The lowest BCUT2D eigenvalue weighted by molar-refractivity contribution is -0.117. The van der Waals surface area contributed by atoms with Gasteiger partial charge in [-0.15, -0.1) is 0 Å². The zero-order valence-electron chi connectivity index (χ0n) is 10.3. The molecule has 0 atom stereocenters. The summed E-state index contributed by atoms with van der Waals surface area (Å²) in [5.74, 6) is 0.192. The maximum absolute atomic E-state index is 12.0. The summed E-state index contributed by atoms with van der Waals surface area (Å²) in [4.78, 5) is 12.0. The largest absolute Gasteiger partial charge is 0.299 e. The highest BCUT2D eigenvalue weighted by Crippen LogP contribution is 2.17. The van der Waals surface area contributed by atoms with Crippen molar-refractivity contribution in [1.82, 2.24) is 0 Å². The predicted octanol–water partition coefficient (Wildman–Crippen LogP) is 4.00. The van der Waals surface area contributed by atoms with Crippen LogP contribution >= 0.6 is 11.6 Å². The van der Waals surface area contributed by atoms with Gasteiger partial charge < -0.3 is 0 Å². The van der Waals surface area contributed by atoms with Crippen molar-refractivity contribution in [3.05, 3.63) is 70.2 Å². The number of hydrogen-bond donors (Lipinski definition) is 0. The monoisotopic (exact) mass is 258 g/mol. The lowest BCUT2D eigenvalue weighted by atomic mass is 10.00. The minimum atomic E-state index is 0.192. The third kappa shape index (κ3) is 3.21. The molecule has 0 saturated carbocycles. The molecule has 0 radical (unpaired) electrons. The quantitative estimate of drug-likeness (QED) is 0.810. The van der Waals surface area contributed by atoms with Crippen LogP contribution in [0.15, 0.2) is 48.5 Å². The van der Waals surface area contributed by atoms with Crippen LogP contribution in [0, 0.1) is 6.92 Å². The molecule has 0 aliphatic carbocycles. The molecule has 0 heterocycles. The van der Waals surface area contributed by atoms with Crippen molar-refractivity contribution in [3.8, 4) is 0 Å². The van der Waals surface area contributed by atoms with Gasteiger partial charge in [0.2, 0.25) is 0 Å². The van der Waals surface area contributed by atoms with Crippen molar-refractivity contribution in [2.75, 3.05) is 0 Å². The maximum atomic E-state index is 12.0. The van der Waals surface area contributed by atoms with Gasteiger partial charge in [-0.1, -0.05) is 54.1 Å². The Labute approximate surface area is 112 Å². The molecular weight excluding hydrogens is 244 g/mol. The van der Waals surface area contributed by atoms with E-state index in [0.29, 0.717) is 17.9 Å². The average molecular weight is 259 g/mol. The smallest absolute Gasteiger partial charge is 0.141 e. The summed E-state index contributed by atoms with van der Waals surface area (Å²) in [5.41, 5.74) is 3.15. The lowest BCUT2D eigenvalue weighted by Crippen LogP contribution is -2.07. The minimum absolute atomic E-state index is 0.192. The molecule has 0 aromatic heterocycles. The first-order valence-electron chi connectivity index (χ1n) is 5.96. The van der Waals surface area contributed by atoms with Gasteiger partial charge >= 0.3 is 0 Å². The SMILES string of the molecule is Cc1ccccc1CC(=O)Cc1ccccc1Cl. The first-order valence-corrected chi connectivity index (χ1v) is 6.34. The summed E-state index contributed by atoms with van der Waals surface area (Å²) in [6.07, 6.45) is 0.867. The molecule has 0 N–H and O–H groups in total. The Morgan fingerprint density at radius 2 is 1.50 bits per heavy atom. The van der Waals surface area contributed by atoms with Crippen molar-refractivity contribution < 1.29 is 4.79 Å². The minimum Gasteiger partial charge on any atom is -0.299 e. The molecular formula is C16H15ClO. The van der Waals surface area contributed by atoms with E-state index in [0.717, 1.165) is 16.7 Å². The van der Waals surface area contributed by atoms with Crippen LogP contribution in [0.25, 0.3) is 0 Å². The second-order valence-electron chi connectivity index (χ2n) is 4.41. The molecule has 92 valence electrons. The molecule has 2 heteroatoms. The summed E-state index contributed by atoms with van der Waals surface area (Å²) in [6, 6.07) is 15.5. The van der Waals surface area contributed by atoms with Gasteiger partial charge in [-0.3, -0.25) is 4.79 Å². The fourth-order valence-corrected chi connectivity index (χ4v) is 2.14. The Hall–Kier alpha value is -1.60. The van der Waals surface area contributed by atoms with Crippen LogP contribution in [-0.2, 0) is 17.6 Å². The third-order valence-corrected chi connectivity index (χ3v) is 3.36. The molecule has 0 fully saturated rings. The van der Waals surface area contributed by atoms with Crippen molar-refractivity contribution in [3.63, 3.8) is 0 Å². The van der Waals surface area contributed by atoms with Crippen LogP contribution in [0.1, 0.15) is 16.7 Å². The van der Waals surface area contributed by atoms with Gasteiger partial charge in [0, 0.05) is 17.9 Å². The Morgan fingerprint density at radius 1 is 0.944 bits per heavy atom. The molecule has 2 rings (SSSR count). The van der Waals surface area contributed by atoms with Crippen molar-refractivity contribution >= 4 is 17.4 Å². The van der Waals surface area contributed by atoms with E-state index in [-0.39, 0.29) is 5.78 Å². The lowest BCUT2D eigenvalue weighted by Gasteiger charge is -2.06. The van der Waals surface area contributed by atoms with Crippen LogP contribution < -0.4 is 0 Å². The van der Waals surface area contributed by atoms with Gasteiger partial charge in [-0.2, -0.15) is 0 Å². The van der Waals surface area contributed by atoms with E-state index in [1.54, 1.807) is 0 Å². The number of hydrogen-bond acceptors (Lipinski definition) is 1. The highest BCUT2D eigenvalue weighted by Gasteiger charge is 2.08. The van der Waals surface area contributed by atoms with Crippen LogP contribution in [0.4, 0.5) is 0 Å². The number of Topliss-reactive ketones (excluding diaryl/α,β-unsaturated/α-hetero) is 1. The first kappa shape index (κ1) is 12.8. The molecule has 0 amide bonds. The number of halogens is 1. The van der Waals surface area contributed by atoms with E-state index in [1.165, 1.54) is 0 Å². The van der Waals surface area contributed by atoms with Crippen LogP contribution in [0.5, 0.6) is 0 Å². The van der Waals surface area contributed by atoms with E-state index in [2.05, 4.69) is 0 Å². The molecule has 0 aliphatic heterocycles.